The highest BCUT2D eigenvalue weighted by Crippen LogP contribution is 2.25. The summed E-state index contributed by atoms with van der Waals surface area (Å²) in [5.74, 6) is -1.88. The maximum absolute atomic E-state index is 13.8. The van der Waals surface area contributed by atoms with Crippen molar-refractivity contribution in [2.45, 2.75) is 26.5 Å². The molecule has 8 heteroatoms. The second-order valence-corrected chi connectivity index (χ2v) is 5.56. The first-order chi connectivity index (χ1) is 11.9. The number of aliphatic hydroxyl groups is 1. The van der Waals surface area contributed by atoms with Crippen molar-refractivity contribution >= 4 is 5.78 Å². The predicted molar refractivity (Wildman–Crippen MR) is 85.4 cm³/mol. The molecule has 3 rings (SSSR count). The second kappa shape index (κ2) is 6.56. The van der Waals surface area contributed by atoms with Crippen LogP contribution in [0.1, 0.15) is 41.6 Å². The van der Waals surface area contributed by atoms with Gasteiger partial charge in [0.25, 0.3) is 0 Å². The third-order valence-electron chi connectivity index (χ3n) is 3.80. The number of hydrogen-bond acceptors (Lipinski definition) is 4. The lowest BCUT2D eigenvalue weighted by atomic mass is 10.1. The van der Waals surface area contributed by atoms with Crippen molar-refractivity contribution in [3.05, 3.63) is 65.2 Å². The van der Waals surface area contributed by atoms with E-state index >= 15 is 0 Å². The molecule has 0 saturated heterocycles. The predicted octanol–water partition coefficient (Wildman–Crippen LogP) is 2.65. The number of hydrogen-bond donors (Lipinski definition) is 1. The van der Waals surface area contributed by atoms with Gasteiger partial charge in [-0.05, 0) is 32.0 Å². The summed E-state index contributed by atoms with van der Waals surface area (Å²) in [4.78, 5) is 12.7. The number of carbonyl (C=O) groups is 1. The summed E-state index contributed by atoms with van der Waals surface area (Å²) < 4.78 is 29.9. The Morgan fingerprint density at radius 1 is 1.32 bits per heavy atom. The van der Waals surface area contributed by atoms with Gasteiger partial charge >= 0.3 is 0 Å². The van der Waals surface area contributed by atoms with Gasteiger partial charge in [-0.1, -0.05) is 0 Å². The Bertz CT molecular complexity index is 931. The molecule has 0 aliphatic rings. The van der Waals surface area contributed by atoms with Crippen molar-refractivity contribution in [3.8, 4) is 5.69 Å². The molecule has 0 saturated carbocycles. The summed E-state index contributed by atoms with van der Waals surface area (Å²) in [7, 11) is 0. The van der Waals surface area contributed by atoms with Crippen LogP contribution in [0, 0.1) is 11.8 Å². The molecule has 2 aromatic heterocycles. The average molecular weight is 346 g/mol. The largest absolute Gasteiger partial charge is 0.389 e. The van der Waals surface area contributed by atoms with E-state index in [-0.39, 0.29) is 22.5 Å². The van der Waals surface area contributed by atoms with Gasteiger partial charge in [-0.3, -0.25) is 9.48 Å². The third kappa shape index (κ3) is 3.20. The van der Waals surface area contributed by atoms with Crippen LogP contribution in [-0.4, -0.2) is 30.5 Å². The van der Waals surface area contributed by atoms with E-state index in [1.807, 2.05) is 6.92 Å². The van der Waals surface area contributed by atoms with Crippen molar-refractivity contribution in [3.63, 3.8) is 0 Å². The number of benzene rings is 1. The van der Waals surface area contributed by atoms with Crippen LogP contribution in [0.2, 0.25) is 0 Å². The third-order valence-corrected chi connectivity index (χ3v) is 3.80. The van der Waals surface area contributed by atoms with Crippen LogP contribution in [0.15, 0.2) is 36.7 Å². The Kier molecular flexibility index (Phi) is 4.45. The average Bonchev–Trinajstić information content (AvgIpc) is 3.20. The number of ketones is 1. The number of aliphatic hydroxyl groups excluding tert-OH is 1. The van der Waals surface area contributed by atoms with Crippen molar-refractivity contribution in [2.24, 2.45) is 0 Å². The van der Waals surface area contributed by atoms with Crippen LogP contribution >= 0.6 is 0 Å². The molecule has 0 radical (unpaired) electrons. The van der Waals surface area contributed by atoms with Crippen LogP contribution < -0.4 is 0 Å². The monoisotopic (exact) mass is 346 g/mol. The molecule has 0 aliphatic heterocycles. The molecule has 1 unspecified atom stereocenters. The van der Waals surface area contributed by atoms with Crippen molar-refractivity contribution in [1.29, 1.82) is 0 Å². The van der Waals surface area contributed by atoms with Gasteiger partial charge in [-0.2, -0.15) is 9.49 Å². The standard InChI is InChI=1S/C17H16F2N4O2/c1-3-22-9-11(8-20-22)17(25)15-7-16(19)21-23(15)14-5-4-12(18)6-13(14)10(2)24/h4-10,24H,3H2,1-2H3. The fourth-order valence-corrected chi connectivity index (χ4v) is 2.55. The SMILES string of the molecule is CCn1cc(C(=O)c2cc(F)nn2-c2ccc(F)cc2C(C)O)cn1. The van der Waals surface area contributed by atoms with Gasteiger partial charge in [0.1, 0.15) is 11.5 Å². The maximum Gasteiger partial charge on any atom is 0.233 e. The first-order valence-corrected chi connectivity index (χ1v) is 7.71. The normalized spacial score (nSPS) is 12.4. The van der Waals surface area contributed by atoms with Crippen LogP contribution in [0.3, 0.4) is 0 Å². The van der Waals surface area contributed by atoms with Crippen LogP contribution in [0.25, 0.3) is 5.69 Å². The Hall–Kier alpha value is -2.87. The van der Waals surface area contributed by atoms with E-state index in [0.717, 1.165) is 22.9 Å². The molecule has 1 N–H and O–H groups in total. The van der Waals surface area contributed by atoms with Gasteiger partial charge in [-0.15, -0.1) is 5.10 Å². The van der Waals surface area contributed by atoms with Crippen LogP contribution in [0.5, 0.6) is 0 Å². The maximum atomic E-state index is 13.8. The van der Waals surface area contributed by atoms with Gasteiger partial charge < -0.3 is 5.11 Å². The van der Waals surface area contributed by atoms with E-state index in [4.69, 9.17) is 0 Å². The molecule has 0 aliphatic carbocycles. The number of aryl methyl sites for hydroxylation is 1. The van der Waals surface area contributed by atoms with Crippen LogP contribution in [0.4, 0.5) is 8.78 Å². The van der Waals surface area contributed by atoms with E-state index in [1.54, 1.807) is 10.9 Å². The van der Waals surface area contributed by atoms with E-state index in [1.165, 1.54) is 19.2 Å². The molecule has 1 atom stereocenters. The van der Waals surface area contributed by atoms with Gasteiger partial charge in [0, 0.05) is 24.4 Å². The highest BCUT2D eigenvalue weighted by atomic mass is 19.1. The lowest BCUT2D eigenvalue weighted by molar-refractivity contribution is 0.103. The zero-order valence-electron chi connectivity index (χ0n) is 13.6. The fraction of sp³-hybridized carbons (Fsp3) is 0.235. The Balaban J connectivity index is 2.12. The minimum atomic E-state index is -1.02. The van der Waals surface area contributed by atoms with E-state index in [9.17, 15) is 18.7 Å². The molecular weight excluding hydrogens is 330 g/mol. The van der Waals surface area contributed by atoms with E-state index in [2.05, 4.69) is 10.2 Å². The molecule has 0 spiro atoms. The number of rotatable bonds is 5. The molecule has 25 heavy (non-hydrogen) atoms. The van der Waals surface area contributed by atoms with Crippen molar-refractivity contribution in [2.75, 3.05) is 0 Å². The molecule has 1 aromatic carbocycles. The molecular formula is C17H16F2N4O2. The van der Waals surface area contributed by atoms with E-state index < -0.39 is 23.7 Å². The van der Waals surface area contributed by atoms with Gasteiger partial charge in [0.15, 0.2) is 0 Å². The van der Waals surface area contributed by atoms with Crippen molar-refractivity contribution in [1.82, 2.24) is 19.6 Å². The van der Waals surface area contributed by atoms with E-state index in [0.29, 0.717) is 6.54 Å². The zero-order valence-corrected chi connectivity index (χ0v) is 13.6. The Morgan fingerprint density at radius 3 is 2.72 bits per heavy atom. The topological polar surface area (TPSA) is 72.9 Å². The molecule has 0 fully saturated rings. The molecule has 3 aromatic rings. The summed E-state index contributed by atoms with van der Waals surface area (Å²) in [5.41, 5.74) is 0.665. The first kappa shape index (κ1) is 17.0. The van der Waals surface area contributed by atoms with Gasteiger partial charge in [0.05, 0.1) is 23.6 Å². The Morgan fingerprint density at radius 2 is 2.08 bits per heavy atom. The number of halogens is 2. The van der Waals surface area contributed by atoms with Gasteiger partial charge in [-0.25, -0.2) is 9.07 Å². The highest BCUT2D eigenvalue weighted by molar-refractivity contribution is 6.07. The lowest BCUT2D eigenvalue weighted by Gasteiger charge is -2.14. The Labute approximate surface area is 142 Å². The molecule has 6 nitrogen and oxygen atoms in total. The molecule has 130 valence electrons. The number of carbonyl (C=O) groups excluding carboxylic acids is 1. The number of nitrogens with zero attached hydrogens (tertiary/aromatic N) is 4. The minimum Gasteiger partial charge on any atom is -0.389 e. The lowest BCUT2D eigenvalue weighted by Crippen LogP contribution is -2.12. The highest BCUT2D eigenvalue weighted by Gasteiger charge is 2.22. The smallest absolute Gasteiger partial charge is 0.233 e. The zero-order chi connectivity index (χ0) is 18.1. The summed E-state index contributed by atoms with van der Waals surface area (Å²) in [6.07, 6.45) is 1.92. The summed E-state index contributed by atoms with van der Waals surface area (Å²) in [6.45, 7) is 3.91. The second-order valence-electron chi connectivity index (χ2n) is 5.56. The minimum absolute atomic E-state index is 0.0401. The molecule has 0 bridgehead atoms. The quantitative estimate of drug-likeness (QED) is 0.721. The summed E-state index contributed by atoms with van der Waals surface area (Å²) in [5, 5.41) is 17.6. The summed E-state index contributed by atoms with van der Waals surface area (Å²) in [6, 6.07) is 4.63. The fourth-order valence-electron chi connectivity index (χ4n) is 2.55. The van der Waals surface area contributed by atoms with Gasteiger partial charge in [0.2, 0.25) is 11.7 Å². The van der Waals surface area contributed by atoms with Crippen molar-refractivity contribution < 1.29 is 18.7 Å². The summed E-state index contributed by atoms with van der Waals surface area (Å²) >= 11 is 0. The van der Waals surface area contributed by atoms with Crippen LogP contribution in [-0.2, 0) is 6.54 Å². The number of aromatic nitrogens is 4. The molecule has 0 amide bonds. The molecule has 2 heterocycles. The first-order valence-electron chi connectivity index (χ1n) is 7.71.